The molecule has 1 aliphatic heterocycles. The number of carboxylic acid groups (broad SMARTS) is 2. The molecular weight excluding hydrogens is 711 g/mol. The maximum atomic E-state index is 12.9. The number of esters is 1. The number of hydrogen-bond donors (Lipinski definition) is 4. The van der Waals surface area contributed by atoms with E-state index in [2.05, 4.69) is 0 Å². The molecule has 2 aromatic heterocycles. The Bertz CT molecular complexity index is 1710. The standard InChI is InChI=1S/C33H40Cl2N6O10/c34-25-6-3-7-26(35)32(25)51-31(46)11-10-27(33(47)48)39-18-16-36(20-23-4-1-8-28(42)40(23)49)12-14-38(22-30(44)45)15-13-37(17-19-39)21-24-5-2-9-29(43)41(24)50/h1-9,27,49-50H,10-22H2,(H,44,45)(H,47,48)/t27-/m0/s1. The number of aliphatic carboxylic acids is 2. The molecule has 0 unspecified atom stereocenters. The third-order valence-electron chi connectivity index (χ3n) is 8.50. The third kappa shape index (κ3) is 11.5. The number of benzene rings is 1. The van der Waals surface area contributed by atoms with E-state index in [1.165, 1.54) is 36.4 Å². The van der Waals surface area contributed by atoms with Gasteiger partial charge in [0.25, 0.3) is 11.1 Å². The van der Waals surface area contributed by atoms with Crippen LogP contribution in [-0.2, 0) is 27.5 Å². The number of carbonyl (C=O) groups excluding carboxylic acids is 1. The molecule has 0 aliphatic carbocycles. The molecule has 1 saturated heterocycles. The number of rotatable bonds is 12. The van der Waals surface area contributed by atoms with Crippen LogP contribution < -0.4 is 15.9 Å². The highest BCUT2D eigenvalue weighted by Gasteiger charge is 2.29. The van der Waals surface area contributed by atoms with Crippen molar-refractivity contribution in [2.75, 3.05) is 58.9 Å². The second kappa shape index (κ2) is 18.7. The van der Waals surface area contributed by atoms with Crippen molar-refractivity contribution in [3.8, 4) is 5.75 Å². The average Bonchev–Trinajstić information content (AvgIpc) is 3.07. The summed E-state index contributed by atoms with van der Waals surface area (Å²) < 4.78 is 6.43. The predicted molar refractivity (Wildman–Crippen MR) is 185 cm³/mol. The van der Waals surface area contributed by atoms with E-state index >= 15 is 0 Å². The molecule has 1 aromatic carbocycles. The fourth-order valence-electron chi connectivity index (χ4n) is 5.74. The summed E-state index contributed by atoms with van der Waals surface area (Å²) in [5.74, 6) is -2.98. The van der Waals surface area contributed by atoms with Crippen LogP contribution in [0.2, 0.25) is 10.0 Å². The zero-order valence-corrected chi connectivity index (χ0v) is 29.2. The number of ether oxygens (including phenoxy) is 1. The van der Waals surface area contributed by atoms with Crippen molar-refractivity contribution < 1.29 is 39.7 Å². The summed E-state index contributed by atoms with van der Waals surface area (Å²) in [5, 5.41) is 41.0. The topological polar surface area (TPSA) is 198 Å². The minimum Gasteiger partial charge on any atom is -0.480 e. The third-order valence-corrected chi connectivity index (χ3v) is 9.10. The minimum atomic E-state index is -1.18. The summed E-state index contributed by atoms with van der Waals surface area (Å²) in [6.45, 7) is 1.86. The lowest BCUT2D eigenvalue weighted by Crippen LogP contribution is -2.51. The van der Waals surface area contributed by atoms with E-state index in [9.17, 15) is 44.6 Å². The Morgan fingerprint density at radius 2 is 1.14 bits per heavy atom. The van der Waals surface area contributed by atoms with Crippen LogP contribution in [0.4, 0.5) is 0 Å². The zero-order chi connectivity index (χ0) is 37.1. The first-order valence-electron chi connectivity index (χ1n) is 16.1. The Morgan fingerprint density at radius 3 is 1.61 bits per heavy atom. The monoisotopic (exact) mass is 750 g/mol. The van der Waals surface area contributed by atoms with Gasteiger partial charge in [-0.15, -0.1) is 0 Å². The highest BCUT2D eigenvalue weighted by molar-refractivity contribution is 6.37. The minimum absolute atomic E-state index is 0.0289. The fraction of sp³-hybridized carbons (Fsp3) is 0.424. The zero-order valence-electron chi connectivity index (χ0n) is 27.6. The number of hydrogen-bond acceptors (Lipinski definition) is 12. The molecule has 1 aliphatic rings. The van der Waals surface area contributed by atoms with Gasteiger partial charge in [-0.3, -0.25) is 43.6 Å². The van der Waals surface area contributed by atoms with Crippen molar-refractivity contribution >= 4 is 41.1 Å². The maximum absolute atomic E-state index is 12.9. The number of pyridine rings is 2. The molecule has 1 fully saturated rings. The van der Waals surface area contributed by atoms with Crippen molar-refractivity contribution in [2.24, 2.45) is 0 Å². The van der Waals surface area contributed by atoms with Gasteiger partial charge < -0.3 is 25.4 Å². The first-order valence-corrected chi connectivity index (χ1v) is 16.9. The highest BCUT2D eigenvalue weighted by atomic mass is 35.5. The molecule has 3 aromatic rings. The summed E-state index contributed by atoms with van der Waals surface area (Å²) >= 11 is 12.3. The van der Waals surface area contributed by atoms with Gasteiger partial charge in [0.2, 0.25) is 0 Å². The van der Waals surface area contributed by atoms with Crippen LogP contribution in [0.5, 0.6) is 5.75 Å². The van der Waals surface area contributed by atoms with Crippen LogP contribution in [0.25, 0.3) is 0 Å². The predicted octanol–water partition coefficient (Wildman–Crippen LogP) is 1.64. The summed E-state index contributed by atoms with van der Waals surface area (Å²) in [5.41, 5.74) is -0.686. The van der Waals surface area contributed by atoms with Crippen molar-refractivity contribution in [3.05, 3.63) is 96.7 Å². The van der Waals surface area contributed by atoms with E-state index in [0.717, 1.165) is 0 Å². The normalized spacial score (nSPS) is 16.5. The van der Waals surface area contributed by atoms with Crippen LogP contribution >= 0.6 is 23.2 Å². The number of nitrogens with zero attached hydrogens (tertiary/aromatic N) is 6. The van der Waals surface area contributed by atoms with E-state index in [1.54, 1.807) is 28.0 Å². The molecule has 51 heavy (non-hydrogen) atoms. The number of carboxylic acids is 2. The molecule has 1 atom stereocenters. The molecule has 0 saturated carbocycles. The first kappa shape index (κ1) is 39.3. The number of carbonyl (C=O) groups is 3. The lowest BCUT2D eigenvalue weighted by atomic mass is 10.1. The maximum Gasteiger partial charge on any atom is 0.320 e. The smallest absolute Gasteiger partial charge is 0.320 e. The van der Waals surface area contributed by atoms with Gasteiger partial charge in [-0.2, -0.15) is 9.46 Å². The average molecular weight is 752 g/mol. The van der Waals surface area contributed by atoms with E-state index in [0.29, 0.717) is 22.6 Å². The molecule has 4 rings (SSSR count). The van der Waals surface area contributed by atoms with Crippen molar-refractivity contribution in [3.63, 3.8) is 0 Å². The Balaban J connectivity index is 1.60. The molecule has 18 heteroatoms. The van der Waals surface area contributed by atoms with Crippen molar-refractivity contribution in [1.82, 2.24) is 29.1 Å². The molecule has 3 heterocycles. The molecule has 16 nitrogen and oxygen atoms in total. The lowest BCUT2D eigenvalue weighted by molar-refractivity contribution is -0.144. The van der Waals surface area contributed by atoms with Crippen LogP contribution in [0, 0.1) is 0 Å². The Morgan fingerprint density at radius 1 is 0.686 bits per heavy atom. The quantitative estimate of drug-likeness (QED) is 0.118. The van der Waals surface area contributed by atoms with Gasteiger partial charge in [0.05, 0.1) is 28.0 Å². The summed E-state index contributed by atoms with van der Waals surface area (Å²) in [7, 11) is 0. The van der Waals surface area contributed by atoms with E-state index < -0.39 is 35.1 Å². The van der Waals surface area contributed by atoms with Gasteiger partial charge in [-0.1, -0.05) is 41.4 Å². The molecule has 276 valence electrons. The lowest BCUT2D eigenvalue weighted by Gasteiger charge is -2.36. The highest BCUT2D eigenvalue weighted by Crippen LogP contribution is 2.32. The van der Waals surface area contributed by atoms with Gasteiger partial charge in [0, 0.05) is 84.0 Å². The molecule has 0 radical (unpaired) electrons. The van der Waals surface area contributed by atoms with E-state index in [1.807, 2.05) is 9.80 Å². The van der Waals surface area contributed by atoms with E-state index in [4.69, 9.17) is 27.9 Å². The largest absolute Gasteiger partial charge is 0.480 e. The van der Waals surface area contributed by atoms with E-state index in [-0.39, 0.29) is 98.9 Å². The van der Waals surface area contributed by atoms with Crippen molar-refractivity contribution in [2.45, 2.75) is 32.0 Å². The SMILES string of the molecule is O=C(O)CN1CCN(Cc2cccc(=O)n2O)CCN([C@@H](CCC(=O)Oc2c(Cl)cccc2Cl)C(=O)O)CCN(Cc2cccc(=O)n2O)CC1. The van der Waals surface area contributed by atoms with Gasteiger partial charge in [-0.05, 0) is 30.7 Å². The summed E-state index contributed by atoms with van der Waals surface area (Å²) in [6.07, 6.45) is -0.416. The Hall–Kier alpha value is -4.45. The molecule has 0 bridgehead atoms. The first-order chi connectivity index (χ1) is 24.3. The number of para-hydroxylation sites is 1. The summed E-state index contributed by atoms with van der Waals surface area (Å²) in [4.78, 5) is 68.8. The fourth-order valence-corrected chi connectivity index (χ4v) is 6.21. The molecule has 4 N–H and O–H groups in total. The Kier molecular flexibility index (Phi) is 14.4. The van der Waals surface area contributed by atoms with Gasteiger partial charge in [-0.25, -0.2) is 0 Å². The van der Waals surface area contributed by atoms with Crippen LogP contribution in [0.3, 0.4) is 0 Å². The van der Waals surface area contributed by atoms with Gasteiger partial charge in [0.1, 0.15) is 6.04 Å². The number of aromatic nitrogens is 2. The Labute approximate surface area is 302 Å². The molecular formula is C33H40Cl2N6O10. The van der Waals surface area contributed by atoms with Gasteiger partial charge in [0.15, 0.2) is 5.75 Å². The molecule has 0 spiro atoms. The number of halogens is 2. The van der Waals surface area contributed by atoms with Crippen molar-refractivity contribution in [1.29, 1.82) is 0 Å². The second-order valence-corrected chi connectivity index (χ2v) is 12.8. The second-order valence-electron chi connectivity index (χ2n) is 12.0. The van der Waals surface area contributed by atoms with Crippen LogP contribution in [0.15, 0.2) is 64.2 Å². The summed E-state index contributed by atoms with van der Waals surface area (Å²) in [6, 6.07) is 12.0. The van der Waals surface area contributed by atoms with Crippen LogP contribution in [0.1, 0.15) is 24.2 Å². The van der Waals surface area contributed by atoms with Gasteiger partial charge >= 0.3 is 17.9 Å². The van der Waals surface area contributed by atoms with Crippen LogP contribution in [-0.4, -0.2) is 133 Å². The molecule has 0 amide bonds.